The number of fused-ring (bicyclic) bond motifs is 1. The van der Waals surface area contributed by atoms with Crippen LogP contribution in [0.4, 0.5) is 34.8 Å². The molecule has 0 fully saturated rings. The fourth-order valence-electron chi connectivity index (χ4n) is 3.20. The van der Waals surface area contributed by atoms with Crippen LogP contribution < -0.4 is 16.5 Å². The number of hydrogen-bond donors (Lipinski definition) is 2. The molecular formula is C23H20F4N4O. The molecule has 0 aliphatic rings. The van der Waals surface area contributed by atoms with Gasteiger partial charge in [-0.15, -0.1) is 0 Å². The van der Waals surface area contributed by atoms with Gasteiger partial charge < -0.3 is 11.1 Å². The molecule has 0 bridgehead atoms. The van der Waals surface area contributed by atoms with Crippen LogP contribution >= 0.6 is 0 Å². The third kappa shape index (κ3) is 4.27. The van der Waals surface area contributed by atoms with E-state index in [2.05, 4.69) is 10.3 Å². The average molecular weight is 444 g/mol. The molecule has 3 N–H and O–H groups in total. The van der Waals surface area contributed by atoms with Crippen molar-refractivity contribution in [1.82, 2.24) is 9.55 Å². The molecule has 32 heavy (non-hydrogen) atoms. The first-order chi connectivity index (χ1) is 15.3. The van der Waals surface area contributed by atoms with Crippen LogP contribution in [0.5, 0.6) is 0 Å². The van der Waals surface area contributed by atoms with E-state index in [0.29, 0.717) is 0 Å². The Morgan fingerprint density at radius 2 is 1.66 bits per heavy atom. The molecule has 0 radical (unpaired) electrons. The average Bonchev–Trinajstić information content (AvgIpc) is 2.77. The fourth-order valence-corrected chi connectivity index (χ4v) is 3.20. The van der Waals surface area contributed by atoms with Gasteiger partial charge in [0, 0.05) is 12.3 Å². The molecular weight excluding hydrogens is 424 g/mol. The minimum absolute atomic E-state index is 0.0160. The monoisotopic (exact) mass is 444 g/mol. The summed E-state index contributed by atoms with van der Waals surface area (Å²) in [5.41, 5.74) is 4.32. The topological polar surface area (TPSA) is 72.9 Å². The lowest BCUT2D eigenvalue weighted by Gasteiger charge is -2.20. The number of nitrogen functional groups attached to an aromatic ring is 1. The van der Waals surface area contributed by atoms with Crippen molar-refractivity contribution in [1.29, 1.82) is 0 Å². The maximum Gasteiger partial charge on any atom is 0.417 e. The van der Waals surface area contributed by atoms with Crippen LogP contribution in [-0.2, 0) is 6.18 Å². The Bertz CT molecular complexity index is 1320. The van der Waals surface area contributed by atoms with E-state index in [1.807, 2.05) is 13.8 Å². The highest BCUT2D eigenvalue weighted by Crippen LogP contribution is 2.35. The summed E-state index contributed by atoms with van der Waals surface area (Å²) in [5, 5.41) is 2.16. The SMILES string of the molecule is CC.Nc1ccccc1-n1c(Nc2ccccc2F)cc(=O)c2c(C(F)(F)F)ccnc21. The van der Waals surface area contributed by atoms with Crippen LogP contribution in [0, 0.1) is 5.82 Å². The highest BCUT2D eigenvalue weighted by atomic mass is 19.4. The lowest BCUT2D eigenvalue weighted by Crippen LogP contribution is -2.18. The zero-order valence-corrected chi connectivity index (χ0v) is 17.2. The molecule has 0 amide bonds. The Kier molecular flexibility index (Phi) is 6.47. The van der Waals surface area contributed by atoms with Crippen molar-refractivity contribution < 1.29 is 17.6 Å². The van der Waals surface area contributed by atoms with Crippen molar-refractivity contribution in [3.05, 3.63) is 88.5 Å². The van der Waals surface area contributed by atoms with E-state index < -0.39 is 28.4 Å². The second-order valence-electron chi connectivity index (χ2n) is 6.45. The standard InChI is InChI=1S/C21H14F4N4O.C2H6/c22-13-5-1-3-7-15(13)28-18-11-17(30)19-12(21(23,24)25)9-10-27-20(19)29(18)16-8-4-2-6-14(16)26;1-2/h1-11,28H,26H2;1-2H3. The summed E-state index contributed by atoms with van der Waals surface area (Å²) in [6.07, 6.45) is -3.80. The van der Waals surface area contributed by atoms with Crippen molar-refractivity contribution >= 4 is 28.2 Å². The first-order valence-corrected chi connectivity index (χ1v) is 9.76. The van der Waals surface area contributed by atoms with Crippen molar-refractivity contribution in [2.24, 2.45) is 0 Å². The summed E-state index contributed by atoms with van der Waals surface area (Å²) in [7, 11) is 0. The predicted molar refractivity (Wildman–Crippen MR) is 118 cm³/mol. The molecule has 2 aromatic heterocycles. The van der Waals surface area contributed by atoms with Gasteiger partial charge in [0.2, 0.25) is 0 Å². The molecule has 2 aromatic carbocycles. The summed E-state index contributed by atoms with van der Waals surface area (Å²) in [5.74, 6) is -0.586. The van der Waals surface area contributed by atoms with Gasteiger partial charge in [-0.2, -0.15) is 13.2 Å². The zero-order chi connectivity index (χ0) is 23.5. The Labute approximate surface area is 181 Å². The third-order valence-electron chi connectivity index (χ3n) is 4.52. The van der Waals surface area contributed by atoms with Crippen molar-refractivity contribution in [3.8, 4) is 5.69 Å². The summed E-state index contributed by atoms with van der Waals surface area (Å²) in [4.78, 5) is 16.7. The Morgan fingerprint density at radius 3 is 2.31 bits per heavy atom. The molecule has 0 unspecified atom stereocenters. The summed E-state index contributed by atoms with van der Waals surface area (Å²) >= 11 is 0. The quantitative estimate of drug-likeness (QED) is 0.305. The molecule has 9 heteroatoms. The van der Waals surface area contributed by atoms with Gasteiger partial charge in [-0.25, -0.2) is 9.37 Å². The number of rotatable bonds is 3. The van der Waals surface area contributed by atoms with Crippen LogP contribution in [-0.4, -0.2) is 9.55 Å². The lowest BCUT2D eigenvalue weighted by atomic mass is 10.1. The molecule has 4 aromatic rings. The maximum atomic E-state index is 14.2. The Morgan fingerprint density at radius 1 is 1.00 bits per heavy atom. The van der Waals surface area contributed by atoms with Crippen molar-refractivity contribution in [2.45, 2.75) is 20.0 Å². The second-order valence-corrected chi connectivity index (χ2v) is 6.45. The van der Waals surface area contributed by atoms with Crippen LogP contribution in [0.2, 0.25) is 0 Å². The molecule has 4 rings (SSSR count). The number of halogens is 4. The van der Waals surface area contributed by atoms with Crippen molar-refractivity contribution in [2.75, 3.05) is 11.1 Å². The summed E-state index contributed by atoms with van der Waals surface area (Å²) in [6, 6.07) is 13.8. The molecule has 0 aliphatic carbocycles. The predicted octanol–water partition coefficient (Wildman–Crippen LogP) is 5.90. The largest absolute Gasteiger partial charge is 0.417 e. The molecule has 5 nitrogen and oxygen atoms in total. The van der Waals surface area contributed by atoms with Gasteiger partial charge in [-0.1, -0.05) is 38.1 Å². The van der Waals surface area contributed by atoms with E-state index in [1.54, 1.807) is 30.3 Å². The van der Waals surface area contributed by atoms with Gasteiger partial charge in [-0.05, 0) is 30.3 Å². The highest BCUT2D eigenvalue weighted by Gasteiger charge is 2.34. The number of para-hydroxylation sites is 3. The minimum atomic E-state index is -4.76. The second kappa shape index (κ2) is 9.09. The number of aromatic nitrogens is 2. The van der Waals surface area contributed by atoms with Gasteiger partial charge >= 0.3 is 6.18 Å². The number of nitrogens with one attached hydrogen (secondary N) is 1. The number of alkyl halides is 3. The first kappa shape index (κ1) is 22.8. The van der Waals surface area contributed by atoms with Crippen LogP contribution in [0.3, 0.4) is 0 Å². The van der Waals surface area contributed by atoms with Gasteiger partial charge in [0.1, 0.15) is 11.6 Å². The van der Waals surface area contributed by atoms with Crippen LogP contribution in [0.15, 0.2) is 71.7 Å². The van der Waals surface area contributed by atoms with Crippen molar-refractivity contribution in [3.63, 3.8) is 0 Å². The first-order valence-electron chi connectivity index (χ1n) is 9.76. The van der Waals surface area contributed by atoms with E-state index >= 15 is 0 Å². The van der Waals surface area contributed by atoms with Gasteiger partial charge in [0.25, 0.3) is 0 Å². The van der Waals surface area contributed by atoms with E-state index in [4.69, 9.17) is 5.73 Å². The zero-order valence-electron chi connectivity index (χ0n) is 17.2. The number of nitrogens with zero attached hydrogens (tertiary/aromatic N) is 2. The number of hydrogen-bond acceptors (Lipinski definition) is 4. The van der Waals surface area contributed by atoms with E-state index in [9.17, 15) is 22.4 Å². The molecule has 0 spiro atoms. The molecule has 0 aliphatic heterocycles. The van der Waals surface area contributed by atoms with Gasteiger partial charge in [0.05, 0.1) is 28.0 Å². The third-order valence-corrected chi connectivity index (χ3v) is 4.52. The smallest absolute Gasteiger partial charge is 0.397 e. The summed E-state index contributed by atoms with van der Waals surface area (Å²) in [6.45, 7) is 4.00. The summed E-state index contributed by atoms with van der Waals surface area (Å²) < 4.78 is 56.1. The van der Waals surface area contributed by atoms with Gasteiger partial charge in [0.15, 0.2) is 11.1 Å². The number of benzene rings is 2. The maximum absolute atomic E-state index is 14.2. The molecule has 2 heterocycles. The minimum Gasteiger partial charge on any atom is -0.397 e. The Hall–Kier alpha value is -3.88. The number of pyridine rings is 2. The molecule has 0 saturated heterocycles. The van der Waals surface area contributed by atoms with E-state index in [1.165, 1.54) is 22.8 Å². The highest BCUT2D eigenvalue weighted by molar-refractivity contribution is 5.85. The fraction of sp³-hybridized carbons (Fsp3) is 0.130. The van der Waals surface area contributed by atoms with Crippen LogP contribution in [0.1, 0.15) is 19.4 Å². The molecule has 166 valence electrons. The van der Waals surface area contributed by atoms with Crippen LogP contribution in [0.25, 0.3) is 16.7 Å². The normalized spacial score (nSPS) is 11.1. The Balaban J connectivity index is 0.00000141. The van der Waals surface area contributed by atoms with E-state index in [0.717, 1.165) is 18.3 Å². The molecule has 0 saturated carbocycles. The number of nitrogens with two attached hydrogens (primary N) is 1. The van der Waals surface area contributed by atoms with E-state index in [-0.39, 0.29) is 28.5 Å². The molecule has 0 atom stereocenters. The lowest BCUT2D eigenvalue weighted by molar-refractivity contribution is -0.136. The van der Waals surface area contributed by atoms with Gasteiger partial charge in [-0.3, -0.25) is 9.36 Å². The number of anilines is 3.